The fourth-order valence-electron chi connectivity index (χ4n) is 2.07. The summed E-state index contributed by atoms with van der Waals surface area (Å²) in [7, 11) is 0. The number of hydrogen-bond acceptors (Lipinski definition) is 2. The van der Waals surface area contributed by atoms with E-state index in [9.17, 15) is 0 Å². The molecular weight excluding hydrogens is 258 g/mol. The van der Waals surface area contributed by atoms with Crippen LogP contribution in [0.5, 0.6) is 0 Å². The van der Waals surface area contributed by atoms with Gasteiger partial charge in [0.15, 0.2) is 0 Å². The van der Waals surface area contributed by atoms with E-state index >= 15 is 0 Å². The molecule has 2 aromatic heterocycles. The summed E-state index contributed by atoms with van der Waals surface area (Å²) in [5.74, 6) is 0.997. The van der Waals surface area contributed by atoms with E-state index in [4.69, 9.17) is 11.6 Å². The van der Waals surface area contributed by atoms with Crippen LogP contribution in [0.3, 0.4) is 0 Å². The number of benzene rings is 1. The molecule has 96 valence electrons. The average Bonchev–Trinajstić information content (AvgIpc) is 2.94. The second kappa shape index (κ2) is 5.33. The zero-order chi connectivity index (χ0) is 13.1. The molecule has 0 aliphatic rings. The maximum absolute atomic E-state index is 6.39. The topological polar surface area (TPSA) is 29.3 Å². The van der Waals surface area contributed by atoms with Crippen molar-refractivity contribution in [3.63, 3.8) is 0 Å². The lowest BCUT2D eigenvalue weighted by Crippen LogP contribution is -2.10. The molecule has 1 N–H and O–H groups in total. The quantitative estimate of drug-likeness (QED) is 0.733. The zero-order valence-corrected chi connectivity index (χ0v) is 11.1. The number of pyridine rings is 1. The van der Waals surface area contributed by atoms with E-state index in [2.05, 4.69) is 10.3 Å². The van der Waals surface area contributed by atoms with E-state index in [0.29, 0.717) is 6.54 Å². The van der Waals surface area contributed by atoms with Crippen molar-refractivity contribution in [1.29, 1.82) is 0 Å². The summed E-state index contributed by atoms with van der Waals surface area (Å²) in [4.78, 5) is 4.25. The Balaban J connectivity index is 1.74. The molecule has 0 bridgehead atoms. The minimum absolute atomic E-state index is 0.0556. The summed E-state index contributed by atoms with van der Waals surface area (Å²) in [5, 5.41) is 3.31. The molecule has 3 aromatic rings. The van der Waals surface area contributed by atoms with Gasteiger partial charge in [-0.2, -0.15) is 0 Å². The van der Waals surface area contributed by atoms with Gasteiger partial charge in [-0.05, 0) is 17.7 Å². The van der Waals surface area contributed by atoms with E-state index < -0.39 is 0 Å². The highest BCUT2D eigenvalue weighted by molar-refractivity contribution is 6.21. The first-order valence-electron chi connectivity index (χ1n) is 6.19. The molecule has 0 saturated heterocycles. The van der Waals surface area contributed by atoms with E-state index in [-0.39, 0.29) is 5.38 Å². The molecule has 0 aliphatic heterocycles. The molecule has 3 nitrogen and oxygen atoms in total. The van der Waals surface area contributed by atoms with E-state index in [1.807, 2.05) is 59.1 Å². The number of fused-ring (bicyclic) bond motifs is 1. The molecular formula is C15H14ClN3. The SMILES string of the molecule is ClC(CNc1cccc2nccn12)c1ccccc1. The first-order chi connectivity index (χ1) is 9.34. The van der Waals surface area contributed by atoms with Crippen LogP contribution in [0.25, 0.3) is 5.65 Å². The lowest BCUT2D eigenvalue weighted by atomic mass is 10.1. The van der Waals surface area contributed by atoms with Gasteiger partial charge in [0, 0.05) is 18.9 Å². The first-order valence-corrected chi connectivity index (χ1v) is 6.63. The first kappa shape index (κ1) is 12.1. The Morgan fingerprint density at radius 1 is 1.11 bits per heavy atom. The molecule has 0 spiro atoms. The van der Waals surface area contributed by atoms with E-state index in [1.54, 1.807) is 6.20 Å². The lowest BCUT2D eigenvalue weighted by Gasteiger charge is -2.13. The van der Waals surface area contributed by atoms with Crippen LogP contribution in [-0.4, -0.2) is 15.9 Å². The minimum Gasteiger partial charge on any atom is -0.369 e. The summed E-state index contributed by atoms with van der Waals surface area (Å²) < 4.78 is 2.01. The number of imidazole rings is 1. The zero-order valence-electron chi connectivity index (χ0n) is 10.3. The number of hydrogen-bond donors (Lipinski definition) is 1. The Labute approximate surface area is 116 Å². The van der Waals surface area contributed by atoms with Crippen molar-refractivity contribution in [3.05, 3.63) is 66.5 Å². The summed E-state index contributed by atoms with van der Waals surface area (Å²) in [6.07, 6.45) is 3.72. The Morgan fingerprint density at radius 2 is 1.95 bits per heavy atom. The van der Waals surface area contributed by atoms with Gasteiger partial charge in [0.2, 0.25) is 0 Å². The third-order valence-corrected chi connectivity index (χ3v) is 3.46. The van der Waals surface area contributed by atoms with Gasteiger partial charge in [0.1, 0.15) is 11.5 Å². The van der Waals surface area contributed by atoms with Crippen molar-refractivity contribution >= 4 is 23.1 Å². The largest absolute Gasteiger partial charge is 0.369 e. The van der Waals surface area contributed by atoms with Crippen molar-refractivity contribution in [2.75, 3.05) is 11.9 Å². The Bertz CT molecular complexity index is 663. The summed E-state index contributed by atoms with van der Waals surface area (Å²) >= 11 is 6.39. The van der Waals surface area contributed by atoms with Gasteiger partial charge in [0.25, 0.3) is 0 Å². The number of nitrogens with one attached hydrogen (secondary N) is 1. The van der Waals surface area contributed by atoms with Crippen molar-refractivity contribution in [3.8, 4) is 0 Å². The standard InChI is InChI=1S/C15H14ClN3/c16-13(12-5-2-1-3-6-12)11-18-15-8-4-7-14-17-9-10-19(14)15/h1-10,13,18H,11H2. The van der Waals surface area contributed by atoms with Gasteiger partial charge in [0.05, 0.1) is 5.38 Å². The second-order valence-electron chi connectivity index (χ2n) is 4.33. The third-order valence-electron chi connectivity index (χ3n) is 3.05. The molecule has 0 saturated carbocycles. The molecule has 1 aromatic carbocycles. The number of alkyl halides is 1. The maximum atomic E-state index is 6.39. The highest BCUT2D eigenvalue weighted by Crippen LogP contribution is 2.21. The van der Waals surface area contributed by atoms with Crippen LogP contribution in [-0.2, 0) is 0 Å². The fraction of sp³-hybridized carbons (Fsp3) is 0.133. The van der Waals surface area contributed by atoms with Crippen LogP contribution in [0.15, 0.2) is 60.9 Å². The van der Waals surface area contributed by atoms with Crippen LogP contribution in [0, 0.1) is 0 Å². The van der Waals surface area contributed by atoms with Gasteiger partial charge in [-0.1, -0.05) is 36.4 Å². The number of nitrogens with zero attached hydrogens (tertiary/aromatic N) is 2. The van der Waals surface area contributed by atoms with Crippen molar-refractivity contribution in [2.24, 2.45) is 0 Å². The second-order valence-corrected chi connectivity index (χ2v) is 4.85. The Kier molecular flexibility index (Phi) is 3.38. The van der Waals surface area contributed by atoms with Gasteiger partial charge in [-0.15, -0.1) is 11.6 Å². The summed E-state index contributed by atoms with van der Waals surface area (Å²) in [6.45, 7) is 0.670. The van der Waals surface area contributed by atoms with Gasteiger partial charge in [-0.3, -0.25) is 4.40 Å². The number of halogens is 1. The van der Waals surface area contributed by atoms with Crippen molar-refractivity contribution in [1.82, 2.24) is 9.38 Å². The van der Waals surface area contributed by atoms with Gasteiger partial charge in [-0.25, -0.2) is 4.98 Å². The van der Waals surface area contributed by atoms with Gasteiger partial charge >= 0.3 is 0 Å². The molecule has 2 heterocycles. The van der Waals surface area contributed by atoms with Crippen LogP contribution < -0.4 is 5.32 Å². The number of aromatic nitrogens is 2. The molecule has 0 aliphatic carbocycles. The lowest BCUT2D eigenvalue weighted by molar-refractivity contribution is 0.959. The fourth-order valence-corrected chi connectivity index (χ4v) is 2.29. The number of rotatable bonds is 4. The predicted molar refractivity (Wildman–Crippen MR) is 78.7 cm³/mol. The Morgan fingerprint density at radius 3 is 2.79 bits per heavy atom. The molecule has 0 amide bonds. The highest BCUT2D eigenvalue weighted by atomic mass is 35.5. The molecule has 19 heavy (non-hydrogen) atoms. The van der Waals surface area contributed by atoms with Crippen molar-refractivity contribution < 1.29 is 0 Å². The maximum Gasteiger partial charge on any atom is 0.138 e. The smallest absolute Gasteiger partial charge is 0.138 e. The molecule has 1 unspecified atom stereocenters. The summed E-state index contributed by atoms with van der Waals surface area (Å²) in [5.41, 5.74) is 2.05. The van der Waals surface area contributed by atoms with E-state index in [1.165, 1.54) is 0 Å². The van der Waals surface area contributed by atoms with Crippen LogP contribution in [0.4, 0.5) is 5.82 Å². The molecule has 0 radical (unpaired) electrons. The predicted octanol–water partition coefficient (Wildman–Crippen LogP) is 3.73. The van der Waals surface area contributed by atoms with Gasteiger partial charge < -0.3 is 5.32 Å². The Hall–Kier alpha value is -2.00. The third kappa shape index (κ3) is 2.56. The molecule has 0 fully saturated rings. The van der Waals surface area contributed by atoms with Crippen LogP contribution in [0.2, 0.25) is 0 Å². The highest BCUT2D eigenvalue weighted by Gasteiger charge is 2.07. The monoisotopic (exact) mass is 271 g/mol. The normalized spacial score (nSPS) is 12.5. The molecule has 3 rings (SSSR count). The minimum atomic E-state index is -0.0556. The van der Waals surface area contributed by atoms with Crippen molar-refractivity contribution in [2.45, 2.75) is 5.38 Å². The van der Waals surface area contributed by atoms with Crippen LogP contribution >= 0.6 is 11.6 Å². The van der Waals surface area contributed by atoms with Crippen LogP contribution in [0.1, 0.15) is 10.9 Å². The summed E-state index contributed by atoms with van der Waals surface area (Å²) in [6, 6.07) is 16.0. The van der Waals surface area contributed by atoms with E-state index in [0.717, 1.165) is 17.0 Å². The molecule has 1 atom stereocenters. The average molecular weight is 272 g/mol. The number of anilines is 1. The molecule has 4 heteroatoms.